The molecule has 0 heterocycles. The van der Waals surface area contributed by atoms with Gasteiger partial charge in [-0.15, -0.1) is 0 Å². The molecular weight excluding hydrogens is 286 g/mol. The first kappa shape index (κ1) is 13.4. The second-order valence-corrected chi connectivity index (χ2v) is 9.10. The predicted molar refractivity (Wildman–Crippen MR) is 68.4 cm³/mol. The lowest BCUT2D eigenvalue weighted by atomic mass is 9.70. The molecule has 0 saturated heterocycles. The number of fused-ring (bicyclic) bond motifs is 9. The van der Waals surface area contributed by atoms with E-state index in [4.69, 9.17) is 4.18 Å². The van der Waals surface area contributed by atoms with Crippen LogP contribution in [0.2, 0.25) is 0 Å². The van der Waals surface area contributed by atoms with Gasteiger partial charge in [0.15, 0.2) is 0 Å². The van der Waals surface area contributed by atoms with Crippen LogP contribution in [0.5, 0.6) is 0 Å². The van der Waals surface area contributed by atoms with Crippen molar-refractivity contribution in [3.8, 4) is 0 Å². The Kier molecular flexibility index (Phi) is 2.65. The molecule has 4 aliphatic rings. The second kappa shape index (κ2) is 3.94. The van der Waals surface area contributed by atoms with Crippen molar-refractivity contribution in [2.45, 2.75) is 50.4 Å². The fraction of sp³-hybridized carbons (Fsp3) is 1.00. The fourth-order valence-electron chi connectivity index (χ4n) is 5.86. The lowest BCUT2D eigenvalue weighted by Gasteiger charge is -2.38. The predicted octanol–water partition coefficient (Wildman–Crippen LogP) is 3.02. The minimum atomic E-state index is -4.78. The molecule has 6 heteroatoms. The van der Waals surface area contributed by atoms with Crippen molar-refractivity contribution in [3.63, 3.8) is 0 Å². The number of rotatable bonds is 3. The van der Waals surface area contributed by atoms with Gasteiger partial charge in [0.05, 0.1) is 6.10 Å². The van der Waals surface area contributed by atoms with Gasteiger partial charge in [0, 0.05) is 6.92 Å². The molecule has 0 radical (unpaired) electrons. The first-order valence-electron chi connectivity index (χ1n) is 7.58. The molecule has 4 bridgehead atoms. The Labute approximate surface area is 118 Å². The maximum absolute atomic E-state index is 13.1. The van der Waals surface area contributed by atoms with Gasteiger partial charge >= 0.3 is 15.4 Å². The zero-order valence-electron chi connectivity index (χ0n) is 11.5. The molecule has 0 amide bonds. The van der Waals surface area contributed by atoms with Crippen molar-refractivity contribution < 1.29 is 21.4 Å². The first-order chi connectivity index (χ1) is 9.28. The van der Waals surface area contributed by atoms with Crippen LogP contribution in [0.1, 0.15) is 39.0 Å². The smallest absolute Gasteiger partial charge is 0.262 e. The summed E-state index contributed by atoms with van der Waals surface area (Å²) >= 11 is 0. The summed E-state index contributed by atoms with van der Waals surface area (Å²) in [6.07, 6.45) is 4.95. The van der Waals surface area contributed by atoms with E-state index in [2.05, 4.69) is 0 Å². The molecule has 7 atom stereocenters. The standard InChI is InChI=1S/C14H20F2O3S/c1-14(15,16)20(17,18)19-11-6-9-5-10(11)13-8-3-2-7(4-8)12(9)13/h7-13H,2-6H2,1H3. The van der Waals surface area contributed by atoms with Crippen LogP contribution in [0.3, 0.4) is 0 Å². The van der Waals surface area contributed by atoms with Gasteiger partial charge in [0.1, 0.15) is 0 Å². The van der Waals surface area contributed by atoms with E-state index < -0.39 is 21.5 Å². The minimum Gasteiger partial charge on any atom is -0.262 e. The molecule has 4 saturated carbocycles. The molecule has 7 unspecified atom stereocenters. The topological polar surface area (TPSA) is 43.4 Å². The second-order valence-electron chi connectivity index (χ2n) is 7.28. The molecule has 0 N–H and O–H groups in total. The van der Waals surface area contributed by atoms with E-state index in [0.29, 0.717) is 31.1 Å². The lowest BCUT2D eigenvalue weighted by Crippen LogP contribution is -2.40. The summed E-state index contributed by atoms with van der Waals surface area (Å²) in [5.41, 5.74) is 0. The highest BCUT2D eigenvalue weighted by Crippen LogP contribution is 2.67. The van der Waals surface area contributed by atoms with E-state index in [9.17, 15) is 17.2 Å². The van der Waals surface area contributed by atoms with Crippen LogP contribution in [0.4, 0.5) is 8.78 Å². The Morgan fingerprint density at radius 3 is 2.30 bits per heavy atom. The molecular formula is C14H20F2O3S. The summed E-state index contributed by atoms with van der Waals surface area (Å²) in [5.74, 6) is 3.46. The Morgan fingerprint density at radius 1 is 1.00 bits per heavy atom. The number of hydrogen-bond donors (Lipinski definition) is 0. The van der Waals surface area contributed by atoms with Crippen LogP contribution in [0.25, 0.3) is 0 Å². The Bertz CT molecular complexity index is 527. The molecule has 0 aromatic carbocycles. The Hall–Kier alpha value is -0.230. The summed E-state index contributed by atoms with van der Waals surface area (Å²) in [5, 5.41) is -3.80. The quantitative estimate of drug-likeness (QED) is 0.594. The van der Waals surface area contributed by atoms with Crippen molar-refractivity contribution in [1.82, 2.24) is 0 Å². The van der Waals surface area contributed by atoms with Gasteiger partial charge < -0.3 is 0 Å². The number of alkyl halides is 2. The maximum atomic E-state index is 13.1. The van der Waals surface area contributed by atoms with Crippen molar-refractivity contribution in [3.05, 3.63) is 0 Å². The molecule has 0 aromatic rings. The van der Waals surface area contributed by atoms with Gasteiger partial charge in [-0.25, -0.2) is 0 Å². The number of halogens is 2. The molecule has 0 aromatic heterocycles. The van der Waals surface area contributed by atoms with Gasteiger partial charge in [-0.3, -0.25) is 4.18 Å². The monoisotopic (exact) mass is 306 g/mol. The highest BCUT2D eigenvalue weighted by Gasteiger charge is 2.63. The summed E-state index contributed by atoms with van der Waals surface area (Å²) in [4.78, 5) is 0. The van der Waals surface area contributed by atoms with Gasteiger partial charge in [-0.05, 0) is 67.6 Å². The molecule has 0 aliphatic heterocycles. The molecule has 4 aliphatic carbocycles. The zero-order valence-corrected chi connectivity index (χ0v) is 12.3. The van der Waals surface area contributed by atoms with Crippen molar-refractivity contribution >= 4 is 10.1 Å². The van der Waals surface area contributed by atoms with E-state index >= 15 is 0 Å². The maximum Gasteiger partial charge on any atom is 0.367 e. The summed E-state index contributed by atoms with van der Waals surface area (Å²) in [7, 11) is -4.78. The Balaban J connectivity index is 1.54. The molecule has 0 spiro atoms. The summed E-state index contributed by atoms with van der Waals surface area (Å²) in [6, 6.07) is 0. The van der Waals surface area contributed by atoms with Crippen LogP contribution in [-0.4, -0.2) is 19.8 Å². The van der Waals surface area contributed by atoms with E-state index in [1.54, 1.807) is 0 Å². The van der Waals surface area contributed by atoms with E-state index in [0.717, 1.165) is 18.3 Å². The van der Waals surface area contributed by atoms with E-state index in [-0.39, 0.29) is 5.92 Å². The summed E-state index contributed by atoms with van der Waals surface area (Å²) < 4.78 is 54.3. The molecule has 4 rings (SSSR count). The summed E-state index contributed by atoms with van der Waals surface area (Å²) in [6.45, 7) is 0.399. The molecule has 4 fully saturated rings. The van der Waals surface area contributed by atoms with Crippen LogP contribution < -0.4 is 0 Å². The normalized spacial score (nSPS) is 49.9. The SMILES string of the molecule is CC(F)(F)S(=O)(=O)OC1CC2CC1C1C3CCC(C3)C21. The van der Waals surface area contributed by atoms with E-state index in [1.807, 2.05) is 0 Å². The zero-order chi connectivity index (χ0) is 14.3. The third kappa shape index (κ3) is 1.67. The van der Waals surface area contributed by atoms with Crippen molar-refractivity contribution in [2.75, 3.05) is 0 Å². The van der Waals surface area contributed by atoms with Gasteiger partial charge in [0.2, 0.25) is 0 Å². The number of hydrogen-bond acceptors (Lipinski definition) is 3. The van der Waals surface area contributed by atoms with Crippen molar-refractivity contribution in [2.24, 2.45) is 35.5 Å². The average molecular weight is 306 g/mol. The third-order valence-corrected chi connectivity index (χ3v) is 7.74. The minimum absolute atomic E-state index is 0.192. The average Bonchev–Trinajstić information content (AvgIpc) is 3.04. The van der Waals surface area contributed by atoms with E-state index in [1.165, 1.54) is 19.3 Å². The van der Waals surface area contributed by atoms with Gasteiger partial charge in [0.25, 0.3) is 0 Å². The van der Waals surface area contributed by atoms with Crippen molar-refractivity contribution in [1.29, 1.82) is 0 Å². The van der Waals surface area contributed by atoms with Crippen LogP contribution in [-0.2, 0) is 14.3 Å². The van der Waals surface area contributed by atoms with Gasteiger partial charge in [-0.1, -0.05) is 0 Å². The Morgan fingerprint density at radius 2 is 1.65 bits per heavy atom. The lowest BCUT2D eigenvalue weighted by molar-refractivity contribution is 0.0282. The third-order valence-electron chi connectivity index (χ3n) is 6.36. The highest BCUT2D eigenvalue weighted by atomic mass is 32.2. The first-order valence-corrected chi connectivity index (χ1v) is 8.99. The molecule has 114 valence electrons. The van der Waals surface area contributed by atoms with Crippen LogP contribution in [0, 0.1) is 35.5 Å². The fourth-order valence-corrected chi connectivity index (χ4v) is 6.58. The van der Waals surface area contributed by atoms with Crippen LogP contribution >= 0.6 is 0 Å². The largest absolute Gasteiger partial charge is 0.367 e. The van der Waals surface area contributed by atoms with Crippen LogP contribution in [0.15, 0.2) is 0 Å². The van der Waals surface area contributed by atoms with Gasteiger partial charge in [-0.2, -0.15) is 17.2 Å². The molecule has 3 nitrogen and oxygen atoms in total. The highest BCUT2D eigenvalue weighted by molar-refractivity contribution is 7.87. The molecule has 20 heavy (non-hydrogen) atoms.